The predicted octanol–water partition coefficient (Wildman–Crippen LogP) is 4.00. The van der Waals surface area contributed by atoms with Crippen LogP contribution in [0.5, 0.6) is 0 Å². The number of fused-ring (bicyclic) bond motifs is 1. The summed E-state index contributed by atoms with van der Waals surface area (Å²) in [5.74, 6) is 0.662. The molecule has 0 saturated heterocycles. The van der Waals surface area contributed by atoms with Crippen molar-refractivity contribution in [2.24, 2.45) is 0 Å². The van der Waals surface area contributed by atoms with Crippen molar-refractivity contribution < 1.29 is 17.9 Å². The van der Waals surface area contributed by atoms with Gasteiger partial charge < -0.3 is 9.30 Å². The first kappa shape index (κ1) is 15.1. The third kappa shape index (κ3) is 2.76. The Morgan fingerprint density at radius 3 is 2.65 bits per heavy atom. The first-order valence-electron chi connectivity index (χ1n) is 6.01. The van der Waals surface area contributed by atoms with Crippen molar-refractivity contribution in [1.29, 1.82) is 0 Å². The number of hydrogen-bond acceptors (Lipinski definition) is 2. The maximum absolute atomic E-state index is 12.7. The van der Waals surface area contributed by atoms with E-state index in [1.54, 1.807) is 7.11 Å². The van der Waals surface area contributed by atoms with Crippen LogP contribution in [0.2, 0.25) is 0 Å². The average molecular weight is 307 g/mol. The molecule has 0 amide bonds. The van der Waals surface area contributed by atoms with Crippen LogP contribution in [-0.2, 0) is 16.8 Å². The molecule has 0 saturated carbocycles. The minimum Gasteiger partial charge on any atom is -0.383 e. The first-order valence-corrected chi connectivity index (χ1v) is 6.55. The summed E-state index contributed by atoms with van der Waals surface area (Å²) in [6, 6.07) is 3.46. The average Bonchev–Trinajstić information content (AvgIpc) is 2.75. The summed E-state index contributed by atoms with van der Waals surface area (Å²) in [4.78, 5) is 4.18. The van der Waals surface area contributed by atoms with Crippen LogP contribution in [-0.4, -0.2) is 23.3 Å². The molecule has 110 valence electrons. The van der Waals surface area contributed by atoms with E-state index < -0.39 is 11.7 Å². The molecule has 0 radical (unpaired) electrons. The molecule has 2 aromatic rings. The summed E-state index contributed by atoms with van der Waals surface area (Å²) < 4.78 is 45.0. The van der Waals surface area contributed by atoms with Crippen LogP contribution in [0.3, 0.4) is 0 Å². The van der Waals surface area contributed by atoms with Crippen LogP contribution in [0.1, 0.15) is 24.4 Å². The van der Waals surface area contributed by atoms with Gasteiger partial charge in [0, 0.05) is 7.11 Å². The van der Waals surface area contributed by atoms with E-state index in [4.69, 9.17) is 16.3 Å². The molecule has 1 atom stereocenters. The SMILES string of the molecule is COCC(C)n1c(CCl)nc2cc(C(F)(F)F)ccc21. The lowest BCUT2D eigenvalue weighted by Crippen LogP contribution is -2.13. The molecule has 3 nitrogen and oxygen atoms in total. The highest BCUT2D eigenvalue weighted by molar-refractivity contribution is 6.16. The van der Waals surface area contributed by atoms with Gasteiger partial charge in [0.1, 0.15) is 5.82 Å². The van der Waals surface area contributed by atoms with Crippen LogP contribution < -0.4 is 0 Å². The Labute approximate surface area is 119 Å². The number of halogens is 4. The lowest BCUT2D eigenvalue weighted by molar-refractivity contribution is -0.137. The van der Waals surface area contributed by atoms with E-state index in [0.717, 1.165) is 12.1 Å². The second-order valence-electron chi connectivity index (χ2n) is 4.54. The van der Waals surface area contributed by atoms with Crippen molar-refractivity contribution >= 4 is 22.6 Å². The van der Waals surface area contributed by atoms with Crippen molar-refractivity contribution in [3.05, 3.63) is 29.6 Å². The topological polar surface area (TPSA) is 27.1 Å². The van der Waals surface area contributed by atoms with Crippen LogP contribution in [0.15, 0.2) is 18.2 Å². The normalized spacial score (nSPS) is 13.9. The molecule has 20 heavy (non-hydrogen) atoms. The fourth-order valence-electron chi connectivity index (χ4n) is 2.23. The maximum atomic E-state index is 12.7. The van der Waals surface area contributed by atoms with Gasteiger partial charge in [-0.3, -0.25) is 0 Å². The van der Waals surface area contributed by atoms with Crippen LogP contribution in [0.25, 0.3) is 11.0 Å². The quantitative estimate of drug-likeness (QED) is 0.798. The van der Waals surface area contributed by atoms with Gasteiger partial charge in [0.25, 0.3) is 0 Å². The van der Waals surface area contributed by atoms with Gasteiger partial charge in [-0.15, -0.1) is 11.6 Å². The lowest BCUT2D eigenvalue weighted by atomic mass is 10.2. The molecule has 1 unspecified atom stereocenters. The largest absolute Gasteiger partial charge is 0.416 e. The van der Waals surface area contributed by atoms with E-state index in [1.165, 1.54) is 6.07 Å². The second-order valence-corrected chi connectivity index (χ2v) is 4.80. The Bertz CT molecular complexity index is 609. The third-order valence-corrected chi connectivity index (χ3v) is 3.30. The minimum atomic E-state index is -4.38. The number of imidazole rings is 1. The molecule has 0 spiro atoms. The number of rotatable bonds is 4. The summed E-state index contributed by atoms with van der Waals surface area (Å²) in [5.41, 5.74) is 0.201. The van der Waals surface area contributed by atoms with Gasteiger partial charge in [0.15, 0.2) is 0 Å². The van der Waals surface area contributed by atoms with E-state index >= 15 is 0 Å². The van der Waals surface area contributed by atoms with Gasteiger partial charge >= 0.3 is 6.18 Å². The maximum Gasteiger partial charge on any atom is 0.416 e. The molecule has 1 heterocycles. The van der Waals surface area contributed by atoms with Crippen molar-refractivity contribution in [1.82, 2.24) is 9.55 Å². The Morgan fingerprint density at radius 1 is 1.40 bits per heavy atom. The first-order chi connectivity index (χ1) is 9.38. The zero-order chi connectivity index (χ0) is 14.9. The molecular formula is C13H14ClF3N2O. The summed E-state index contributed by atoms with van der Waals surface area (Å²) in [7, 11) is 1.57. The van der Waals surface area contributed by atoms with Crippen LogP contribution in [0, 0.1) is 0 Å². The molecule has 0 N–H and O–H groups in total. The molecule has 1 aromatic heterocycles. The second kappa shape index (κ2) is 5.61. The zero-order valence-corrected chi connectivity index (χ0v) is 11.8. The molecular weight excluding hydrogens is 293 g/mol. The van der Waals surface area contributed by atoms with E-state index in [-0.39, 0.29) is 11.9 Å². The molecule has 2 rings (SSSR count). The minimum absolute atomic E-state index is 0.0597. The smallest absolute Gasteiger partial charge is 0.383 e. The Balaban J connectivity index is 2.58. The Kier molecular flexibility index (Phi) is 4.25. The molecule has 0 aliphatic carbocycles. The molecule has 1 aromatic carbocycles. The zero-order valence-electron chi connectivity index (χ0n) is 11.0. The van der Waals surface area contributed by atoms with Gasteiger partial charge in [0.2, 0.25) is 0 Å². The van der Waals surface area contributed by atoms with Crippen molar-refractivity contribution in [2.75, 3.05) is 13.7 Å². The standard InChI is InChI=1S/C13H14ClF3N2O/c1-8(7-20-2)19-11-4-3-9(13(15,16)17)5-10(11)18-12(19)6-14/h3-5,8H,6-7H2,1-2H3. The van der Waals surface area contributed by atoms with Gasteiger partial charge in [-0.05, 0) is 25.1 Å². The number of ether oxygens (including phenoxy) is 1. The number of methoxy groups -OCH3 is 1. The molecule has 0 bridgehead atoms. The number of nitrogens with zero attached hydrogens (tertiary/aromatic N) is 2. The highest BCUT2D eigenvalue weighted by Gasteiger charge is 2.31. The highest BCUT2D eigenvalue weighted by Crippen LogP contribution is 2.32. The number of hydrogen-bond donors (Lipinski definition) is 0. The van der Waals surface area contributed by atoms with E-state index in [0.29, 0.717) is 23.5 Å². The predicted molar refractivity (Wildman–Crippen MR) is 70.9 cm³/mol. The molecule has 0 aliphatic heterocycles. The summed E-state index contributed by atoms with van der Waals surface area (Å²) >= 11 is 5.83. The summed E-state index contributed by atoms with van der Waals surface area (Å²) in [6.07, 6.45) is -4.38. The van der Waals surface area contributed by atoms with Crippen molar-refractivity contribution in [2.45, 2.75) is 25.0 Å². The monoisotopic (exact) mass is 306 g/mol. The molecule has 0 aliphatic rings. The van der Waals surface area contributed by atoms with Crippen LogP contribution in [0.4, 0.5) is 13.2 Å². The van der Waals surface area contributed by atoms with Crippen LogP contribution >= 0.6 is 11.6 Å². The Hall–Kier alpha value is -1.27. The number of aromatic nitrogens is 2. The van der Waals surface area contributed by atoms with E-state index in [1.807, 2.05) is 11.5 Å². The number of benzene rings is 1. The summed E-state index contributed by atoms with van der Waals surface area (Å²) in [5, 5.41) is 0. The number of alkyl halides is 4. The molecule has 7 heteroatoms. The Morgan fingerprint density at radius 2 is 2.10 bits per heavy atom. The summed E-state index contributed by atoms with van der Waals surface area (Å²) in [6.45, 7) is 2.33. The third-order valence-electron chi connectivity index (χ3n) is 3.06. The van der Waals surface area contributed by atoms with Gasteiger partial charge in [-0.1, -0.05) is 0 Å². The van der Waals surface area contributed by atoms with E-state index in [2.05, 4.69) is 4.98 Å². The van der Waals surface area contributed by atoms with Gasteiger partial charge in [-0.25, -0.2) is 4.98 Å². The van der Waals surface area contributed by atoms with Gasteiger partial charge in [-0.2, -0.15) is 13.2 Å². The molecule has 0 fully saturated rings. The van der Waals surface area contributed by atoms with Crippen molar-refractivity contribution in [3.8, 4) is 0 Å². The fraction of sp³-hybridized carbons (Fsp3) is 0.462. The highest BCUT2D eigenvalue weighted by atomic mass is 35.5. The fourth-order valence-corrected chi connectivity index (χ4v) is 2.42. The van der Waals surface area contributed by atoms with Crippen molar-refractivity contribution in [3.63, 3.8) is 0 Å². The lowest BCUT2D eigenvalue weighted by Gasteiger charge is -2.16. The van der Waals surface area contributed by atoms with E-state index in [9.17, 15) is 13.2 Å². The van der Waals surface area contributed by atoms with Gasteiger partial charge in [0.05, 0.1) is 35.1 Å².